The average molecular weight is 319 g/mol. The lowest BCUT2D eigenvalue weighted by Gasteiger charge is -2.15. The zero-order valence-corrected chi connectivity index (χ0v) is 12.9. The van der Waals surface area contributed by atoms with Crippen LogP contribution in [0.1, 0.15) is 12.0 Å². The van der Waals surface area contributed by atoms with Gasteiger partial charge in [-0.05, 0) is 18.4 Å². The highest BCUT2D eigenvalue weighted by Crippen LogP contribution is 2.05. The molecule has 0 bridgehead atoms. The smallest absolute Gasteiger partial charge is 0.239 e. The van der Waals surface area contributed by atoms with Crippen LogP contribution in [-0.4, -0.2) is 43.8 Å². The van der Waals surface area contributed by atoms with Crippen molar-refractivity contribution < 1.29 is 13.2 Å². The summed E-state index contributed by atoms with van der Waals surface area (Å²) in [5.41, 5.74) is 1.04. The van der Waals surface area contributed by atoms with Gasteiger partial charge in [-0.25, -0.2) is 8.42 Å². The van der Waals surface area contributed by atoms with Crippen LogP contribution in [0.5, 0.6) is 0 Å². The van der Waals surface area contributed by atoms with E-state index in [9.17, 15) is 13.2 Å². The fourth-order valence-electron chi connectivity index (χ4n) is 1.90. The van der Waals surface area contributed by atoms with Crippen LogP contribution in [0.2, 0.25) is 0 Å². The Morgan fingerprint density at radius 1 is 1.09 bits per heavy atom. The molecule has 0 radical (unpaired) electrons. The highest BCUT2D eigenvalue weighted by Gasteiger charge is 2.21. The van der Waals surface area contributed by atoms with E-state index in [4.69, 9.17) is 10.5 Å². The Morgan fingerprint density at radius 2 is 1.68 bits per heavy atom. The number of nitriles is 2. The number of aryl methyl sites for hydroxylation is 1. The van der Waals surface area contributed by atoms with Crippen molar-refractivity contribution in [3.63, 3.8) is 0 Å². The van der Waals surface area contributed by atoms with Crippen LogP contribution in [-0.2, 0) is 21.1 Å². The first-order valence-electron chi connectivity index (χ1n) is 6.74. The zero-order chi connectivity index (χ0) is 16.4. The van der Waals surface area contributed by atoms with E-state index in [0.717, 1.165) is 10.5 Å². The first-order valence-corrected chi connectivity index (χ1v) is 8.56. The van der Waals surface area contributed by atoms with Crippen molar-refractivity contribution in [3.8, 4) is 12.1 Å². The molecule has 1 amide bonds. The maximum absolute atomic E-state index is 11.9. The number of hydrogen-bond donors (Lipinski definition) is 0. The van der Waals surface area contributed by atoms with Crippen molar-refractivity contribution >= 4 is 15.7 Å². The number of sulfone groups is 1. The fraction of sp³-hybridized carbons (Fsp3) is 0.400. The first kappa shape index (κ1) is 17.7. The minimum absolute atomic E-state index is 0.0966. The van der Waals surface area contributed by atoms with E-state index in [-0.39, 0.29) is 18.8 Å². The largest absolute Gasteiger partial charge is 0.315 e. The molecule has 1 rings (SSSR count). The molecule has 116 valence electrons. The Kier molecular flexibility index (Phi) is 7.07. The van der Waals surface area contributed by atoms with Crippen LogP contribution in [0.15, 0.2) is 30.3 Å². The molecule has 0 aliphatic carbocycles. The van der Waals surface area contributed by atoms with Crippen LogP contribution in [0.4, 0.5) is 0 Å². The Balaban J connectivity index is 2.51. The second-order valence-corrected chi connectivity index (χ2v) is 6.93. The van der Waals surface area contributed by atoms with E-state index in [0.29, 0.717) is 12.8 Å². The van der Waals surface area contributed by atoms with E-state index in [2.05, 4.69) is 0 Å². The summed E-state index contributed by atoms with van der Waals surface area (Å²) < 4.78 is 23.9. The van der Waals surface area contributed by atoms with Crippen LogP contribution in [0, 0.1) is 22.7 Å². The fourth-order valence-corrected chi connectivity index (χ4v) is 3.18. The molecule has 0 aromatic heterocycles. The van der Waals surface area contributed by atoms with Gasteiger partial charge in [-0.2, -0.15) is 10.5 Å². The van der Waals surface area contributed by atoms with Crippen molar-refractivity contribution in [1.29, 1.82) is 10.5 Å². The van der Waals surface area contributed by atoms with Gasteiger partial charge in [-0.15, -0.1) is 0 Å². The minimum Gasteiger partial charge on any atom is -0.315 e. The molecule has 1 aromatic carbocycles. The van der Waals surface area contributed by atoms with Gasteiger partial charge in [0.2, 0.25) is 5.91 Å². The predicted octanol–water partition coefficient (Wildman–Crippen LogP) is 0.910. The maximum Gasteiger partial charge on any atom is 0.239 e. The van der Waals surface area contributed by atoms with E-state index >= 15 is 0 Å². The molecule has 0 atom stereocenters. The third-order valence-corrected chi connectivity index (χ3v) is 4.58. The molecule has 22 heavy (non-hydrogen) atoms. The molecule has 0 spiro atoms. The molecule has 0 N–H and O–H groups in total. The summed E-state index contributed by atoms with van der Waals surface area (Å²) in [4.78, 5) is 12.8. The van der Waals surface area contributed by atoms with Crippen LogP contribution >= 0.6 is 0 Å². The monoisotopic (exact) mass is 319 g/mol. The van der Waals surface area contributed by atoms with E-state index in [1.165, 1.54) is 0 Å². The number of nitrogens with zero attached hydrogens (tertiary/aromatic N) is 3. The van der Waals surface area contributed by atoms with Gasteiger partial charge >= 0.3 is 0 Å². The second-order valence-electron chi connectivity index (χ2n) is 4.75. The number of carbonyl (C=O) groups excluding carboxylic acids is 1. The van der Waals surface area contributed by atoms with Gasteiger partial charge in [0.15, 0.2) is 9.84 Å². The van der Waals surface area contributed by atoms with Crippen molar-refractivity contribution in [2.45, 2.75) is 12.8 Å². The predicted molar refractivity (Wildman–Crippen MR) is 81.2 cm³/mol. The molecule has 0 saturated heterocycles. The van der Waals surface area contributed by atoms with Gasteiger partial charge in [0.25, 0.3) is 0 Å². The van der Waals surface area contributed by atoms with E-state index in [1.807, 2.05) is 30.3 Å². The third kappa shape index (κ3) is 6.38. The number of rotatable bonds is 8. The van der Waals surface area contributed by atoms with E-state index in [1.54, 1.807) is 12.1 Å². The molecule has 0 aliphatic heterocycles. The Bertz CT molecular complexity index is 656. The van der Waals surface area contributed by atoms with Gasteiger partial charge in [0, 0.05) is 0 Å². The molecule has 0 aliphatic rings. The van der Waals surface area contributed by atoms with Crippen molar-refractivity contribution in [2.75, 3.05) is 24.6 Å². The second kappa shape index (κ2) is 8.81. The number of benzene rings is 1. The minimum atomic E-state index is -3.54. The van der Waals surface area contributed by atoms with Crippen LogP contribution in [0.3, 0.4) is 0 Å². The summed E-state index contributed by atoms with van der Waals surface area (Å²) in [6.07, 6.45) is 1.05. The summed E-state index contributed by atoms with van der Waals surface area (Å²) in [7, 11) is -3.54. The number of carbonyl (C=O) groups is 1. The van der Waals surface area contributed by atoms with Crippen LogP contribution in [0.25, 0.3) is 0 Å². The topological polar surface area (TPSA) is 102 Å². The summed E-state index contributed by atoms with van der Waals surface area (Å²) in [5, 5.41) is 17.2. The lowest BCUT2D eigenvalue weighted by Crippen LogP contribution is -2.37. The highest BCUT2D eigenvalue weighted by molar-refractivity contribution is 7.92. The third-order valence-electron chi connectivity index (χ3n) is 2.98. The highest BCUT2D eigenvalue weighted by atomic mass is 32.2. The Labute approximate surface area is 130 Å². The Morgan fingerprint density at radius 3 is 2.23 bits per heavy atom. The van der Waals surface area contributed by atoms with E-state index < -0.39 is 21.5 Å². The summed E-state index contributed by atoms with van der Waals surface area (Å²) in [6.45, 7) is -0.572. The molecule has 6 nitrogen and oxygen atoms in total. The number of amides is 1. The average Bonchev–Trinajstić information content (AvgIpc) is 2.47. The SMILES string of the molecule is N#CCN(CC#N)C(=O)CS(=O)(=O)CCCc1ccccc1. The lowest BCUT2D eigenvalue weighted by molar-refractivity contribution is -0.127. The standard InChI is InChI=1S/C15H17N3O3S/c16-8-10-18(11-9-17)15(19)13-22(20,21)12-4-7-14-5-2-1-3-6-14/h1-3,5-6H,4,7,10-13H2. The molecule has 7 heteroatoms. The van der Waals surface area contributed by atoms with Crippen LogP contribution < -0.4 is 0 Å². The normalized spacial score (nSPS) is 10.5. The molecule has 0 saturated carbocycles. The van der Waals surface area contributed by atoms with Crippen molar-refractivity contribution in [3.05, 3.63) is 35.9 Å². The van der Waals surface area contributed by atoms with Crippen molar-refractivity contribution in [1.82, 2.24) is 4.90 Å². The molecule has 0 fully saturated rings. The van der Waals surface area contributed by atoms with Gasteiger partial charge < -0.3 is 4.90 Å². The number of hydrogen-bond acceptors (Lipinski definition) is 5. The quantitative estimate of drug-likeness (QED) is 0.663. The molecular weight excluding hydrogens is 302 g/mol. The van der Waals surface area contributed by atoms with Gasteiger partial charge in [-0.1, -0.05) is 30.3 Å². The molecule has 1 aromatic rings. The summed E-state index contributed by atoms with van der Waals surface area (Å²) in [5.74, 6) is -1.46. The van der Waals surface area contributed by atoms with Gasteiger partial charge in [-0.3, -0.25) is 4.79 Å². The molecule has 0 heterocycles. The van der Waals surface area contributed by atoms with Crippen molar-refractivity contribution in [2.24, 2.45) is 0 Å². The summed E-state index contributed by atoms with van der Waals surface area (Å²) in [6, 6.07) is 13.0. The first-order chi connectivity index (χ1) is 10.5. The lowest BCUT2D eigenvalue weighted by atomic mass is 10.1. The van der Waals surface area contributed by atoms with Gasteiger partial charge in [0.1, 0.15) is 18.8 Å². The Hall–Kier alpha value is -2.38. The zero-order valence-electron chi connectivity index (χ0n) is 12.1. The molecular formula is C15H17N3O3S. The summed E-state index contributed by atoms with van der Waals surface area (Å²) >= 11 is 0. The molecule has 0 unspecified atom stereocenters. The maximum atomic E-state index is 11.9. The van der Waals surface area contributed by atoms with Gasteiger partial charge in [0.05, 0.1) is 17.9 Å².